The van der Waals surface area contributed by atoms with Gasteiger partial charge in [-0.2, -0.15) is 0 Å². The number of halogens is 1. The Kier molecular flexibility index (Phi) is 3.20. The molecule has 1 aromatic carbocycles. The lowest BCUT2D eigenvalue weighted by atomic mass is 9.74. The minimum atomic E-state index is -0.154. The van der Waals surface area contributed by atoms with E-state index in [1.807, 2.05) is 13.0 Å². The standard InChI is InChI=1S/C15H23F/c1-10-8-9-11(14(2,3)4)12(13(10)16)15(5,6)7/h8-9H,1-7H3. The maximum Gasteiger partial charge on any atom is 0.130 e. The molecule has 0 aromatic heterocycles. The summed E-state index contributed by atoms with van der Waals surface area (Å²) in [5.41, 5.74) is 2.54. The van der Waals surface area contributed by atoms with Crippen molar-refractivity contribution in [1.29, 1.82) is 0 Å². The zero-order chi connectivity index (χ0) is 12.7. The van der Waals surface area contributed by atoms with Gasteiger partial charge in [0.25, 0.3) is 0 Å². The van der Waals surface area contributed by atoms with Gasteiger partial charge in [0.15, 0.2) is 0 Å². The van der Waals surface area contributed by atoms with E-state index < -0.39 is 0 Å². The van der Waals surface area contributed by atoms with Crippen LogP contribution in [0.3, 0.4) is 0 Å². The van der Waals surface area contributed by atoms with Crippen LogP contribution in [0.2, 0.25) is 0 Å². The lowest BCUT2D eigenvalue weighted by Crippen LogP contribution is -2.24. The van der Waals surface area contributed by atoms with Gasteiger partial charge < -0.3 is 0 Å². The topological polar surface area (TPSA) is 0 Å². The first kappa shape index (κ1) is 13.2. The monoisotopic (exact) mass is 222 g/mol. The maximum absolute atomic E-state index is 14.3. The van der Waals surface area contributed by atoms with Gasteiger partial charge in [-0.25, -0.2) is 4.39 Å². The number of hydrogen-bond acceptors (Lipinski definition) is 0. The zero-order valence-electron chi connectivity index (χ0n) is 11.5. The van der Waals surface area contributed by atoms with Gasteiger partial charge in [0.05, 0.1) is 0 Å². The third kappa shape index (κ3) is 2.45. The molecule has 0 aliphatic heterocycles. The van der Waals surface area contributed by atoms with E-state index in [2.05, 4.69) is 47.6 Å². The lowest BCUT2D eigenvalue weighted by molar-refractivity contribution is 0.484. The fourth-order valence-electron chi connectivity index (χ4n) is 2.04. The van der Waals surface area contributed by atoms with Crippen LogP contribution in [0.25, 0.3) is 0 Å². The fraction of sp³-hybridized carbons (Fsp3) is 0.600. The highest BCUT2D eigenvalue weighted by atomic mass is 19.1. The molecule has 0 amide bonds. The molecular formula is C15H23F. The first-order chi connectivity index (χ1) is 7.05. The average molecular weight is 222 g/mol. The Labute approximate surface area is 98.9 Å². The Balaban J connectivity index is 3.59. The maximum atomic E-state index is 14.3. The van der Waals surface area contributed by atoms with Crippen LogP contribution in [0.4, 0.5) is 4.39 Å². The summed E-state index contributed by atoms with van der Waals surface area (Å²) in [6.07, 6.45) is 0. The smallest absolute Gasteiger partial charge is 0.130 e. The van der Waals surface area contributed by atoms with Crippen molar-refractivity contribution < 1.29 is 4.39 Å². The molecule has 0 saturated carbocycles. The van der Waals surface area contributed by atoms with Crippen LogP contribution in [0, 0.1) is 12.7 Å². The van der Waals surface area contributed by atoms with E-state index in [-0.39, 0.29) is 16.6 Å². The molecule has 0 spiro atoms. The summed E-state index contributed by atoms with van der Waals surface area (Å²) in [6, 6.07) is 3.95. The van der Waals surface area contributed by atoms with Crippen LogP contribution in [-0.4, -0.2) is 0 Å². The second kappa shape index (κ2) is 3.87. The molecule has 0 aliphatic rings. The molecule has 0 unspecified atom stereocenters. The number of aryl methyl sites for hydroxylation is 1. The summed E-state index contributed by atoms with van der Waals surface area (Å²) in [4.78, 5) is 0. The molecule has 0 N–H and O–H groups in total. The van der Waals surface area contributed by atoms with Crippen LogP contribution < -0.4 is 0 Å². The Morgan fingerprint density at radius 3 is 1.75 bits per heavy atom. The Hall–Kier alpha value is -0.850. The molecule has 90 valence electrons. The van der Waals surface area contributed by atoms with Crippen molar-refractivity contribution >= 4 is 0 Å². The highest BCUT2D eigenvalue weighted by molar-refractivity contribution is 5.41. The van der Waals surface area contributed by atoms with Gasteiger partial charge in [0.1, 0.15) is 5.82 Å². The van der Waals surface area contributed by atoms with Crippen LogP contribution in [0.1, 0.15) is 58.2 Å². The van der Waals surface area contributed by atoms with Gasteiger partial charge in [-0.1, -0.05) is 53.7 Å². The molecule has 1 rings (SSSR count). The van der Waals surface area contributed by atoms with E-state index in [1.54, 1.807) is 0 Å². The molecule has 0 fully saturated rings. The van der Waals surface area contributed by atoms with E-state index in [9.17, 15) is 4.39 Å². The highest BCUT2D eigenvalue weighted by Gasteiger charge is 2.28. The normalized spacial score (nSPS) is 13.0. The van der Waals surface area contributed by atoms with Gasteiger partial charge in [0.2, 0.25) is 0 Å². The molecule has 0 saturated heterocycles. The molecule has 0 aliphatic carbocycles. The molecule has 1 heteroatoms. The van der Waals surface area contributed by atoms with Crippen molar-refractivity contribution in [2.45, 2.75) is 59.3 Å². The van der Waals surface area contributed by atoms with Crippen molar-refractivity contribution in [1.82, 2.24) is 0 Å². The average Bonchev–Trinajstić information content (AvgIpc) is 2.05. The van der Waals surface area contributed by atoms with Crippen molar-refractivity contribution in [2.75, 3.05) is 0 Å². The van der Waals surface area contributed by atoms with Crippen molar-refractivity contribution in [3.05, 3.63) is 34.6 Å². The van der Waals surface area contributed by atoms with E-state index >= 15 is 0 Å². The number of hydrogen-bond donors (Lipinski definition) is 0. The SMILES string of the molecule is Cc1ccc(C(C)(C)C)c(C(C)(C)C)c1F. The predicted octanol–water partition coefficient (Wildman–Crippen LogP) is 4.73. The molecule has 16 heavy (non-hydrogen) atoms. The summed E-state index contributed by atoms with van der Waals surface area (Å²) in [6.45, 7) is 14.4. The van der Waals surface area contributed by atoms with E-state index in [0.717, 1.165) is 16.7 Å². The molecular weight excluding hydrogens is 199 g/mol. The lowest BCUT2D eigenvalue weighted by Gasteiger charge is -2.31. The third-order valence-electron chi connectivity index (χ3n) is 2.89. The second-order valence-electron chi connectivity index (χ2n) is 6.62. The summed E-state index contributed by atoms with van der Waals surface area (Å²) in [5.74, 6) is -0.0417. The van der Waals surface area contributed by atoms with E-state index in [4.69, 9.17) is 0 Å². The second-order valence-corrected chi connectivity index (χ2v) is 6.62. The van der Waals surface area contributed by atoms with Crippen LogP contribution in [0.5, 0.6) is 0 Å². The van der Waals surface area contributed by atoms with Gasteiger partial charge in [-0.05, 0) is 34.4 Å². The quantitative estimate of drug-likeness (QED) is 0.595. The van der Waals surface area contributed by atoms with Crippen LogP contribution >= 0.6 is 0 Å². The predicted molar refractivity (Wildman–Crippen MR) is 68.5 cm³/mol. The first-order valence-corrected chi connectivity index (χ1v) is 5.85. The molecule has 1 aromatic rings. The summed E-state index contributed by atoms with van der Waals surface area (Å²) < 4.78 is 14.3. The van der Waals surface area contributed by atoms with Gasteiger partial charge in [0, 0.05) is 0 Å². The summed E-state index contributed by atoms with van der Waals surface area (Å²) in [7, 11) is 0. The Morgan fingerprint density at radius 2 is 1.38 bits per heavy atom. The largest absolute Gasteiger partial charge is 0.206 e. The summed E-state index contributed by atoms with van der Waals surface area (Å²) in [5, 5.41) is 0. The van der Waals surface area contributed by atoms with Crippen LogP contribution in [-0.2, 0) is 10.8 Å². The molecule has 0 atom stereocenters. The fourth-order valence-corrected chi connectivity index (χ4v) is 2.04. The van der Waals surface area contributed by atoms with Gasteiger partial charge in [-0.15, -0.1) is 0 Å². The minimum Gasteiger partial charge on any atom is -0.206 e. The number of rotatable bonds is 0. The van der Waals surface area contributed by atoms with Crippen molar-refractivity contribution in [3.8, 4) is 0 Å². The number of benzene rings is 1. The first-order valence-electron chi connectivity index (χ1n) is 5.85. The Morgan fingerprint density at radius 1 is 0.875 bits per heavy atom. The van der Waals surface area contributed by atoms with Gasteiger partial charge in [-0.3, -0.25) is 0 Å². The van der Waals surface area contributed by atoms with Gasteiger partial charge >= 0.3 is 0 Å². The third-order valence-corrected chi connectivity index (χ3v) is 2.89. The van der Waals surface area contributed by atoms with E-state index in [1.165, 1.54) is 0 Å². The Bertz CT molecular complexity index is 389. The molecule has 0 bridgehead atoms. The van der Waals surface area contributed by atoms with E-state index in [0.29, 0.717) is 0 Å². The molecule has 0 nitrogen and oxygen atoms in total. The molecule has 0 radical (unpaired) electrons. The van der Waals surface area contributed by atoms with Crippen molar-refractivity contribution in [2.24, 2.45) is 0 Å². The molecule has 0 heterocycles. The minimum absolute atomic E-state index is 0.0167. The summed E-state index contributed by atoms with van der Waals surface area (Å²) >= 11 is 0. The highest BCUT2D eigenvalue weighted by Crippen LogP contribution is 2.36. The zero-order valence-corrected chi connectivity index (χ0v) is 11.5. The van der Waals surface area contributed by atoms with Crippen LogP contribution in [0.15, 0.2) is 12.1 Å². The van der Waals surface area contributed by atoms with Crippen molar-refractivity contribution in [3.63, 3.8) is 0 Å².